The van der Waals surface area contributed by atoms with Crippen molar-refractivity contribution >= 4 is 35.0 Å². The number of carbonyl (C=O) groups excluding carboxylic acids is 2. The molecule has 0 unspecified atom stereocenters. The molecular formula is C23H27Cl2N3O2. The SMILES string of the molecule is Cc1ccccc1CC(=O)N1CCN(CC(=O)N(C)Cc2ccc(Cl)c(Cl)c2)CC1. The van der Waals surface area contributed by atoms with E-state index in [-0.39, 0.29) is 11.8 Å². The molecule has 30 heavy (non-hydrogen) atoms. The first-order valence-electron chi connectivity index (χ1n) is 10.1. The molecule has 7 heteroatoms. The Hall–Kier alpha value is -2.08. The van der Waals surface area contributed by atoms with Crippen LogP contribution in [0.5, 0.6) is 0 Å². The molecule has 0 radical (unpaired) electrons. The van der Waals surface area contributed by atoms with Gasteiger partial charge in [-0.05, 0) is 35.7 Å². The number of aryl methyl sites for hydroxylation is 1. The summed E-state index contributed by atoms with van der Waals surface area (Å²) in [6.07, 6.45) is 0.429. The molecule has 2 aromatic carbocycles. The molecule has 0 saturated carbocycles. The number of amides is 2. The molecule has 0 bridgehead atoms. The highest BCUT2D eigenvalue weighted by atomic mass is 35.5. The zero-order valence-corrected chi connectivity index (χ0v) is 18.9. The van der Waals surface area contributed by atoms with E-state index in [1.165, 1.54) is 0 Å². The van der Waals surface area contributed by atoms with Gasteiger partial charge in [0.25, 0.3) is 0 Å². The Morgan fingerprint density at radius 2 is 1.70 bits per heavy atom. The van der Waals surface area contributed by atoms with Gasteiger partial charge in [-0.1, -0.05) is 53.5 Å². The number of hydrogen-bond acceptors (Lipinski definition) is 3. The highest BCUT2D eigenvalue weighted by molar-refractivity contribution is 6.42. The third-order valence-electron chi connectivity index (χ3n) is 5.52. The first-order valence-corrected chi connectivity index (χ1v) is 10.8. The fraction of sp³-hybridized carbons (Fsp3) is 0.391. The third kappa shape index (κ3) is 5.97. The van der Waals surface area contributed by atoms with E-state index in [0.717, 1.165) is 16.7 Å². The van der Waals surface area contributed by atoms with Gasteiger partial charge in [-0.2, -0.15) is 0 Å². The van der Waals surface area contributed by atoms with E-state index in [9.17, 15) is 9.59 Å². The van der Waals surface area contributed by atoms with E-state index in [1.54, 1.807) is 24.1 Å². The summed E-state index contributed by atoms with van der Waals surface area (Å²) < 4.78 is 0. The average molecular weight is 448 g/mol. The zero-order chi connectivity index (χ0) is 21.7. The lowest BCUT2D eigenvalue weighted by Crippen LogP contribution is -2.51. The highest BCUT2D eigenvalue weighted by Crippen LogP contribution is 2.23. The van der Waals surface area contributed by atoms with Gasteiger partial charge in [-0.3, -0.25) is 14.5 Å². The highest BCUT2D eigenvalue weighted by Gasteiger charge is 2.23. The number of likely N-dealkylation sites (N-methyl/N-ethyl adjacent to an activating group) is 1. The maximum atomic E-state index is 12.6. The van der Waals surface area contributed by atoms with Crippen LogP contribution in [-0.4, -0.2) is 66.3 Å². The van der Waals surface area contributed by atoms with Gasteiger partial charge in [0.1, 0.15) is 0 Å². The molecule has 0 spiro atoms. The van der Waals surface area contributed by atoms with E-state index in [1.807, 2.05) is 42.2 Å². The fourth-order valence-corrected chi connectivity index (χ4v) is 3.87. The number of halogens is 2. The van der Waals surface area contributed by atoms with Crippen molar-refractivity contribution in [1.29, 1.82) is 0 Å². The van der Waals surface area contributed by atoms with Crippen molar-refractivity contribution in [2.45, 2.75) is 19.9 Å². The molecule has 1 fully saturated rings. The van der Waals surface area contributed by atoms with E-state index in [4.69, 9.17) is 23.2 Å². The lowest BCUT2D eigenvalue weighted by molar-refractivity contribution is -0.134. The number of benzene rings is 2. The molecule has 0 aromatic heterocycles. The summed E-state index contributed by atoms with van der Waals surface area (Å²) in [4.78, 5) is 30.9. The summed E-state index contributed by atoms with van der Waals surface area (Å²) in [7, 11) is 1.78. The van der Waals surface area contributed by atoms with Crippen LogP contribution in [0.2, 0.25) is 10.0 Å². The maximum Gasteiger partial charge on any atom is 0.236 e. The summed E-state index contributed by atoms with van der Waals surface area (Å²) in [5.41, 5.74) is 3.15. The Morgan fingerprint density at radius 1 is 1.00 bits per heavy atom. The fourth-order valence-electron chi connectivity index (χ4n) is 3.55. The number of hydrogen-bond donors (Lipinski definition) is 0. The minimum absolute atomic E-state index is 0.0424. The number of rotatable bonds is 6. The minimum Gasteiger partial charge on any atom is -0.340 e. The summed E-state index contributed by atoms with van der Waals surface area (Å²) >= 11 is 12.0. The van der Waals surface area contributed by atoms with Crippen LogP contribution in [-0.2, 0) is 22.6 Å². The first-order chi connectivity index (χ1) is 14.3. The molecule has 0 N–H and O–H groups in total. The minimum atomic E-state index is 0.0424. The second-order valence-corrected chi connectivity index (χ2v) is 8.57. The van der Waals surface area contributed by atoms with E-state index in [0.29, 0.717) is 55.7 Å². The molecule has 1 heterocycles. The van der Waals surface area contributed by atoms with Crippen LogP contribution in [0.1, 0.15) is 16.7 Å². The Kier molecular flexibility index (Phi) is 7.75. The van der Waals surface area contributed by atoms with Crippen LogP contribution < -0.4 is 0 Å². The van der Waals surface area contributed by atoms with Gasteiger partial charge < -0.3 is 9.80 Å². The van der Waals surface area contributed by atoms with Crippen molar-refractivity contribution in [1.82, 2.24) is 14.7 Å². The predicted octanol–water partition coefficient (Wildman–Crippen LogP) is 3.65. The van der Waals surface area contributed by atoms with Crippen molar-refractivity contribution in [2.75, 3.05) is 39.8 Å². The summed E-state index contributed by atoms with van der Waals surface area (Å²) in [5, 5.41) is 0.991. The molecule has 5 nitrogen and oxygen atoms in total. The first kappa shape index (κ1) is 22.6. The smallest absolute Gasteiger partial charge is 0.236 e. The third-order valence-corrected chi connectivity index (χ3v) is 6.26. The Balaban J connectivity index is 1.45. The van der Waals surface area contributed by atoms with Crippen LogP contribution in [0.3, 0.4) is 0 Å². The van der Waals surface area contributed by atoms with Gasteiger partial charge in [0, 0.05) is 39.8 Å². The largest absolute Gasteiger partial charge is 0.340 e. The van der Waals surface area contributed by atoms with Crippen LogP contribution in [0, 0.1) is 6.92 Å². The van der Waals surface area contributed by atoms with Gasteiger partial charge in [0.2, 0.25) is 11.8 Å². The van der Waals surface area contributed by atoms with Gasteiger partial charge >= 0.3 is 0 Å². The predicted molar refractivity (Wildman–Crippen MR) is 121 cm³/mol. The van der Waals surface area contributed by atoms with Crippen molar-refractivity contribution < 1.29 is 9.59 Å². The second-order valence-electron chi connectivity index (χ2n) is 7.76. The van der Waals surface area contributed by atoms with Gasteiger partial charge in [0.15, 0.2) is 0 Å². The monoisotopic (exact) mass is 447 g/mol. The Morgan fingerprint density at radius 3 is 2.37 bits per heavy atom. The molecule has 0 atom stereocenters. The van der Waals surface area contributed by atoms with Crippen LogP contribution in [0.4, 0.5) is 0 Å². The summed E-state index contributed by atoms with van der Waals surface area (Å²) in [5.74, 6) is 0.188. The molecule has 160 valence electrons. The molecule has 1 aliphatic heterocycles. The van der Waals surface area contributed by atoms with Crippen LogP contribution in [0.25, 0.3) is 0 Å². The maximum absolute atomic E-state index is 12.6. The molecule has 0 aliphatic carbocycles. The topological polar surface area (TPSA) is 43.9 Å². The molecule has 1 aliphatic rings. The zero-order valence-electron chi connectivity index (χ0n) is 17.4. The lowest BCUT2D eigenvalue weighted by atomic mass is 10.1. The van der Waals surface area contributed by atoms with Crippen molar-refractivity contribution in [3.63, 3.8) is 0 Å². The second kappa shape index (κ2) is 10.3. The lowest BCUT2D eigenvalue weighted by Gasteiger charge is -2.35. The molecule has 1 saturated heterocycles. The Bertz CT molecular complexity index is 911. The number of nitrogens with zero attached hydrogens (tertiary/aromatic N) is 3. The van der Waals surface area contributed by atoms with E-state index >= 15 is 0 Å². The quantitative estimate of drug-likeness (QED) is 0.678. The van der Waals surface area contributed by atoms with Crippen molar-refractivity contribution in [3.8, 4) is 0 Å². The standard InChI is InChI=1S/C23H27Cl2N3O2/c1-17-5-3-4-6-19(17)14-22(29)28-11-9-27(10-12-28)16-23(30)26(2)15-18-7-8-20(24)21(25)13-18/h3-8,13H,9-12,14-16H2,1-2H3. The van der Waals surface area contributed by atoms with Crippen LogP contribution >= 0.6 is 23.2 Å². The number of carbonyl (C=O) groups is 2. The molecule has 3 rings (SSSR count). The molecule has 2 amide bonds. The molecule has 2 aromatic rings. The normalized spacial score (nSPS) is 14.6. The summed E-state index contributed by atoms with van der Waals surface area (Å²) in [6, 6.07) is 13.4. The van der Waals surface area contributed by atoms with Crippen molar-refractivity contribution in [3.05, 3.63) is 69.2 Å². The van der Waals surface area contributed by atoms with Gasteiger partial charge in [-0.15, -0.1) is 0 Å². The molecular weight excluding hydrogens is 421 g/mol. The van der Waals surface area contributed by atoms with Crippen molar-refractivity contribution in [2.24, 2.45) is 0 Å². The average Bonchev–Trinajstić information content (AvgIpc) is 2.73. The summed E-state index contributed by atoms with van der Waals surface area (Å²) in [6.45, 7) is 5.55. The van der Waals surface area contributed by atoms with Crippen LogP contribution in [0.15, 0.2) is 42.5 Å². The van der Waals surface area contributed by atoms with Gasteiger partial charge in [0.05, 0.1) is 23.0 Å². The van der Waals surface area contributed by atoms with E-state index in [2.05, 4.69) is 4.90 Å². The Labute approximate surface area is 188 Å². The number of piperazine rings is 1. The van der Waals surface area contributed by atoms with E-state index < -0.39 is 0 Å². The van der Waals surface area contributed by atoms with Gasteiger partial charge in [-0.25, -0.2) is 0 Å².